The molecule has 0 amide bonds. The standard InChI is InChI=1S/C16H26N2OS2/c1-4-9-19-14-8-6-5-7-13(14)16(18-17)15-10-20-11(2)12(3)21-15/h5-8,11-12,15-16,18H,4,9-10,17H2,1-3H3. The molecule has 2 rings (SSSR count). The number of benzene rings is 1. The van der Waals surface area contributed by atoms with Gasteiger partial charge in [-0.3, -0.25) is 11.3 Å². The fourth-order valence-corrected chi connectivity index (χ4v) is 5.55. The minimum atomic E-state index is 0.130. The fourth-order valence-electron chi connectivity index (χ4n) is 2.46. The molecule has 0 aromatic heterocycles. The number of hydrogen-bond donors (Lipinski definition) is 2. The van der Waals surface area contributed by atoms with Crippen molar-refractivity contribution < 1.29 is 4.74 Å². The highest BCUT2D eigenvalue weighted by Gasteiger charge is 2.32. The summed E-state index contributed by atoms with van der Waals surface area (Å²) >= 11 is 4.07. The van der Waals surface area contributed by atoms with E-state index in [4.69, 9.17) is 10.6 Å². The Balaban J connectivity index is 2.17. The Hall–Kier alpha value is -0.360. The van der Waals surface area contributed by atoms with Gasteiger partial charge in [-0.15, -0.1) is 0 Å². The molecule has 0 radical (unpaired) electrons. The molecule has 0 bridgehead atoms. The number of ether oxygens (including phenoxy) is 1. The zero-order valence-corrected chi connectivity index (χ0v) is 14.7. The minimum Gasteiger partial charge on any atom is -0.493 e. The number of nitrogens with one attached hydrogen (secondary N) is 1. The molecule has 5 heteroatoms. The summed E-state index contributed by atoms with van der Waals surface area (Å²) < 4.78 is 5.90. The van der Waals surface area contributed by atoms with Gasteiger partial charge in [0.1, 0.15) is 5.75 Å². The van der Waals surface area contributed by atoms with Crippen molar-refractivity contribution in [2.45, 2.75) is 49.0 Å². The number of thioether (sulfide) groups is 2. The average Bonchev–Trinajstić information content (AvgIpc) is 2.50. The normalized spacial score (nSPS) is 27.3. The topological polar surface area (TPSA) is 47.3 Å². The molecule has 1 aliphatic heterocycles. The second-order valence-corrected chi connectivity index (χ2v) is 8.48. The molecule has 4 atom stereocenters. The maximum Gasteiger partial charge on any atom is 0.124 e. The van der Waals surface area contributed by atoms with Crippen LogP contribution in [0.25, 0.3) is 0 Å². The maximum absolute atomic E-state index is 5.90. The van der Waals surface area contributed by atoms with E-state index < -0.39 is 0 Å². The summed E-state index contributed by atoms with van der Waals surface area (Å²) in [6, 6.07) is 8.39. The van der Waals surface area contributed by atoms with Crippen LogP contribution in [-0.4, -0.2) is 28.1 Å². The van der Waals surface area contributed by atoms with Crippen LogP contribution >= 0.6 is 23.5 Å². The Labute approximate surface area is 136 Å². The molecule has 1 aromatic carbocycles. The SMILES string of the molecule is CCCOc1ccccc1C(NN)C1CSC(C)C(C)S1. The second-order valence-electron chi connectivity index (χ2n) is 5.45. The zero-order chi connectivity index (χ0) is 15.2. The van der Waals surface area contributed by atoms with Gasteiger partial charge in [-0.1, -0.05) is 39.0 Å². The summed E-state index contributed by atoms with van der Waals surface area (Å²) in [6.45, 7) is 7.48. The number of hydrogen-bond acceptors (Lipinski definition) is 5. The van der Waals surface area contributed by atoms with Gasteiger partial charge in [0.05, 0.1) is 12.6 Å². The summed E-state index contributed by atoms with van der Waals surface area (Å²) in [6.07, 6.45) is 1.01. The lowest BCUT2D eigenvalue weighted by molar-refractivity contribution is 0.310. The Bertz CT molecular complexity index is 444. The van der Waals surface area contributed by atoms with Gasteiger partial charge in [0.25, 0.3) is 0 Å². The molecule has 4 unspecified atom stereocenters. The Morgan fingerprint density at radius 1 is 1.33 bits per heavy atom. The van der Waals surface area contributed by atoms with Crippen molar-refractivity contribution in [3.63, 3.8) is 0 Å². The first-order chi connectivity index (χ1) is 10.2. The molecule has 1 fully saturated rings. The molecular formula is C16H26N2OS2. The molecule has 118 valence electrons. The van der Waals surface area contributed by atoms with E-state index in [1.807, 2.05) is 35.7 Å². The highest BCUT2D eigenvalue weighted by atomic mass is 32.2. The average molecular weight is 327 g/mol. The van der Waals surface area contributed by atoms with Crippen molar-refractivity contribution >= 4 is 23.5 Å². The highest BCUT2D eigenvalue weighted by molar-refractivity contribution is 8.07. The van der Waals surface area contributed by atoms with Crippen molar-refractivity contribution in [2.24, 2.45) is 5.84 Å². The lowest BCUT2D eigenvalue weighted by Gasteiger charge is -2.36. The van der Waals surface area contributed by atoms with E-state index >= 15 is 0 Å². The Morgan fingerprint density at radius 3 is 2.76 bits per heavy atom. The van der Waals surface area contributed by atoms with Crippen LogP contribution in [0, 0.1) is 0 Å². The Morgan fingerprint density at radius 2 is 2.10 bits per heavy atom. The number of hydrazine groups is 1. The van der Waals surface area contributed by atoms with E-state index in [1.54, 1.807) is 0 Å². The quantitative estimate of drug-likeness (QED) is 0.618. The zero-order valence-electron chi connectivity index (χ0n) is 13.0. The van der Waals surface area contributed by atoms with Crippen molar-refractivity contribution in [1.29, 1.82) is 0 Å². The van der Waals surface area contributed by atoms with Gasteiger partial charge in [0.15, 0.2) is 0 Å². The van der Waals surface area contributed by atoms with E-state index in [0.29, 0.717) is 15.7 Å². The van der Waals surface area contributed by atoms with Crippen LogP contribution in [0.15, 0.2) is 24.3 Å². The van der Waals surface area contributed by atoms with Gasteiger partial charge < -0.3 is 4.74 Å². The van der Waals surface area contributed by atoms with Gasteiger partial charge in [-0.2, -0.15) is 23.5 Å². The van der Waals surface area contributed by atoms with Crippen LogP contribution in [0.3, 0.4) is 0 Å². The fraction of sp³-hybridized carbons (Fsp3) is 0.625. The molecule has 3 N–H and O–H groups in total. The van der Waals surface area contributed by atoms with E-state index in [1.165, 1.54) is 5.56 Å². The van der Waals surface area contributed by atoms with E-state index in [-0.39, 0.29) is 6.04 Å². The van der Waals surface area contributed by atoms with Crippen LogP contribution in [0.5, 0.6) is 5.75 Å². The predicted molar refractivity (Wildman–Crippen MR) is 95.1 cm³/mol. The summed E-state index contributed by atoms with van der Waals surface area (Å²) in [5.74, 6) is 7.96. The Kier molecular flexibility index (Phi) is 6.74. The van der Waals surface area contributed by atoms with Crippen molar-refractivity contribution in [1.82, 2.24) is 5.43 Å². The predicted octanol–water partition coefficient (Wildman–Crippen LogP) is 3.61. The van der Waals surface area contributed by atoms with Gasteiger partial charge in [-0.05, 0) is 12.5 Å². The van der Waals surface area contributed by atoms with Crippen LogP contribution in [0.1, 0.15) is 38.8 Å². The first-order valence-electron chi connectivity index (χ1n) is 7.62. The maximum atomic E-state index is 5.90. The number of rotatable bonds is 6. The van der Waals surface area contributed by atoms with Crippen LogP contribution in [0.2, 0.25) is 0 Å². The minimum absolute atomic E-state index is 0.130. The number of nitrogens with two attached hydrogens (primary N) is 1. The molecule has 1 aromatic rings. The van der Waals surface area contributed by atoms with E-state index in [2.05, 4.69) is 38.3 Å². The third kappa shape index (κ3) is 4.31. The van der Waals surface area contributed by atoms with Crippen LogP contribution < -0.4 is 16.0 Å². The first kappa shape index (κ1) is 17.0. The summed E-state index contributed by atoms with van der Waals surface area (Å²) in [7, 11) is 0. The van der Waals surface area contributed by atoms with Crippen molar-refractivity contribution in [3.05, 3.63) is 29.8 Å². The third-order valence-corrected chi connectivity index (χ3v) is 7.34. The molecule has 0 aliphatic carbocycles. The van der Waals surface area contributed by atoms with Crippen molar-refractivity contribution in [2.75, 3.05) is 12.4 Å². The van der Waals surface area contributed by atoms with Gasteiger partial charge >= 0.3 is 0 Å². The largest absolute Gasteiger partial charge is 0.493 e. The second kappa shape index (κ2) is 8.32. The van der Waals surface area contributed by atoms with Crippen molar-refractivity contribution in [3.8, 4) is 5.75 Å². The molecule has 0 saturated carbocycles. The molecule has 1 saturated heterocycles. The van der Waals surface area contributed by atoms with E-state index in [0.717, 1.165) is 24.5 Å². The summed E-state index contributed by atoms with van der Waals surface area (Å²) in [5.41, 5.74) is 4.20. The lowest BCUT2D eigenvalue weighted by atomic mass is 10.0. The summed E-state index contributed by atoms with van der Waals surface area (Å²) in [4.78, 5) is 0. The monoisotopic (exact) mass is 326 g/mol. The molecule has 1 heterocycles. The first-order valence-corrected chi connectivity index (χ1v) is 9.61. The molecule has 0 spiro atoms. The van der Waals surface area contributed by atoms with E-state index in [9.17, 15) is 0 Å². The number of para-hydroxylation sites is 1. The molecule has 3 nitrogen and oxygen atoms in total. The van der Waals surface area contributed by atoms with Gasteiger partial charge in [0.2, 0.25) is 0 Å². The van der Waals surface area contributed by atoms with Crippen LogP contribution in [0.4, 0.5) is 0 Å². The smallest absolute Gasteiger partial charge is 0.124 e. The van der Waals surface area contributed by atoms with Gasteiger partial charge in [-0.25, -0.2) is 0 Å². The summed E-state index contributed by atoms with van der Waals surface area (Å²) in [5, 5.41) is 1.82. The molecular weight excluding hydrogens is 300 g/mol. The molecule has 21 heavy (non-hydrogen) atoms. The van der Waals surface area contributed by atoms with Crippen LogP contribution in [-0.2, 0) is 0 Å². The highest BCUT2D eigenvalue weighted by Crippen LogP contribution is 2.42. The van der Waals surface area contributed by atoms with Gasteiger partial charge in [0, 0.05) is 27.1 Å². The third-order valence-electron chi connectivity index (χ3n) is 3.84. The lowest BCUT2D eigenvalue weighted by Crippen LogP contribution is -2.40. The molecule has 1 aliphatic rings.